The summed E-state index contributed by atoms with van der Waals surface area (Å²) in [5, 5.41) is 6.45. The number of carbonyl (C=O) groups excluding carboxylic acids is 1. The van der Waals surface area contributed by atoms with Gasteiger partial charge >= 0.3 is 12.1 Å². The van der Waals surface area contributed by atoms with Crippen molar-refractivity contribution in [2.45, 2.75) is 88.5 Å². The van der Waals surface area contributed by atoms with E-state index in [1.807, 2.05) is 0 Å². The Labute approximate surface area is 295 Å². The number of anilines is 2. The largest absolute Gasteiger partial charge is 0.461 e. The molecule has 1 aromatic heterocycles. The second-order valence-corrected chi connectivity index (χ2v) is 15.3. The van der Waals surface area contributed by atoms with Crippen molar-refractivity contribution in [3.8, 4) is 6.01 Å². The lowest BCUT2D eigenvalue weighted by Gasteiger charge is -2.38. The monoisotopic (exact) mass is 681 g/mol. The van der Waals surface area contributed by atoms with Crippen LogP contribution in [-0.4, -0.2) is 115 Å². The number of ether oxygens (including phenoxy) is 3. The third kappa shape index (κ3) is 5.94. The Kier molecular flexibility index (Phi) is 8.69. The van der Waals surface area contributed by atoms with Crippen molar-refractivity contribution >= 4 is 28.4 Å². The number of aromatic nitrogens is 2. The summed E-state index contributed by atoms with van der Waals surface area (Å²) in [4.78, 5) is 32.5. The Bertz CT molecular complexity index is 1710. The maximum atomic E-state index is 12.7. The SMILES string of the molecule is CCc1cccc2cccc(N3CCc4c(nc(OC[C@]56CCCN5[C@@H](COC(=O)N5CCOCC5)CC6)nc4N4C[C@H]5CC[C@@H](C4)N5)C3)c12. The first kappa shape index (κ1) is 32.3. The van der Waals surface area contributed by atoms with Crippen LogP contribution in [0.3, 0.4) is 0 Å². The number of benzene rings is 2. The highest BCUT2D eigenvalue weighted by Gasteiger charge is 2.50. The lowest BCUT2D eigenvalue weighted by atomic mass is 9.95. The van der Waals surface area contributed by atoms with Crippen LogP contribution in [0, 0.1) is 0 Å². The average Bonchev–Trinajstić information content (AvgIpc) is 3.84. The minimum absolute atomic E-state index is 0.0742. The number of hydrogen-bond donors (Lipinski definition) is 1. The summed E-state index contributed by atoms with van der Waals surface area (Å²) >= 11 is 0. The van der Waals surface area contributed by atoms with E-state index >= 15 is 0 Å². The molecule has 5 fully saturated rings. The van der Waals surface area contributed by atoms with Crippen molar-refractivity contribution in [2.24, 2.45) is 0 Å². The summed E-state index contributed by atoms with van der Waals surface area (Å²) in [5.41, 5.74) is 4.98. The van der Waals surface area contributed by atoms with E-state index in [2.05, 4.69) is 63.3 Å². The van der Waals surface area contributed by atoms with Gasteiger partial charge in [-0.1, -0.05) is 37.3 Å². The molecule has 11 nitrogen and oxygen atoms in total. The van der Waals surface area contributed by atoms with Crippen molar-refractivity contribution in [3.05, 3.63) is 53.2 Å². The molecular weight excluding hydrogens is 630 g/mol. The number of carbonyl (C=O) groups is 1. The molecule has 2 bridgehead atoms. The van der Waals surface area contributed by atoms with E-state index in [-0.39, 0.29) is 17.7 Å². The van der Waals surface area contributed by atoms with Crippen LogP contribution in [0.5, 0.6) is 6.01 Å². The quantitative estimate of drug-likeness (QED) is 0.365. The fraction of sp³-hybridized carbons (Fsp3) is 0.615. The van der Waals surface area contributed by atoms with Gasteiger partial charge in [-0.15, -0.1) is 0 Å². The second-order valence-electron chi connectivity index (χ2n) is 15.3. The minimum Gasteiger partial charge on any atom is -0.461 e. The predicted molar refractivity (Wildman–Crippen MR) is 193 cm³/mol. The van der Waals surface area contributed by atoms with E-state index in [1.54, 1.807) is 4.90 Å². The molecule has 11 heteroatoms. The average molecular weight is 682 g/mol. The van der Waals surface area contributed by atoms with Gasteiger partial charge < -0.3 is 34.2 Å². The smallest absolute Gasteiger partial charge is 0.409 e. The number of piperazine rings is 1. The Morgan fingerprint density at radius 3 is 2.62 bits per heavy atom. The molecule has 0 unspecified atom stereocenters. The molecule has 3 aromatic rings. The Morgan fingerprint density at radius 1 is 0.980 bits per heavy atom. The highest BCUT2D eigenvalue weighted by atomic mass is 16.6. The van der Waals surface area contributed by atoms with E-state index in [9.17, 15) is 4.79 Å². The molecule has 9 rings (SSSR count). The molecule has 7 heterocycles. The number of morpholine rings is 1. The van der Waals surface area contributed by atoms with E-state index in [1.165, 1.54) is 40.4 Å². The van der Waals surface area contributed by atoms with Crippen LogP contribution in [-0.2, 0) is 28.9 Å². The number of amides is 1. The Hall–Kier alpha value is -3.67. The number of nitrogens with zero attached hydrogens (tertiary/aromatic N) is 6. The zero-order valence-electron chi connectivity index (χ0n) is 29.4. The third-order valence-corrected chi connectivity index (χ3v) is 12.4. The highest BCUT2D eigenvalue weighted by molar-refractivity contribution is 5.97. The standard InChI is InChI=1S/C39H51N7O4/c1-2-27-6-3-7-28-8-4-9-34(35(27)28)44-17-13-32-33(24-44)41-37(42-36(32)45-22-29-10-11-30(23-45)40-29)50-26-39-14-5-16-46(39)31(12-15-39)25-49-38(47)43-18-20-48-21-19-43/h3-4,6-9,29-31,40H,2,5,10-26H2,1H3/t29-,30+,31-,39-/m1/s1. The van der Waals surface area contributed by atoms with Crippen molar-refractivity contribution < 1.29 is 19.0 Å². The molecule has 6 aliphatic heterocycles. The fourth-order valence-electron chi connectivity index (χ4n) is 9.84. The maximum Gasteiger partial charge on any atom is 0.409 e. The van der Waals surface area contributed by atoms with Crippen LogP contribution >= 0.6 is 0 Å². The van der Waals surface area contributed by atoms with Gasteiger partial charge in [0, 0.05) is 67.5 Å². The van der Waals surface area contributed by atoms with E-state index in [0.717, 1.165) is 82.8 Å². The summed E-state index contributed by atoms with van der Waals surface area (Å²) in [6, 6.07) is 15.1. The maximum absolute atomic E-state index is 12.7. The van der Waals surface area contributed by atoms with Crippen LogP contribution in [0.25, 0.3) is 10.8 Å². The molecule has 2 aromatic carbocycles. The number of rotatable bonds is 8. The molecular formula is C39H51N7O4. The number of aryl methyl sites for hydroxylation is 1. The molecule has 266 valence electrons. The van der Waals surface area contributed by atoms with Gasteiger partial charge in [0.25, 0.3) is 0 Å². The normalized spacial score (nSPS) is 27.9. The second kappa shape index (κ2) is 13.5. The van der Waals surface area contributed by atoms with Crippen molar-refractivity contribution in [1.82, 2.24) is 25.1 Å². The Morgan fingerprint density at radius 2 is 1.80 bits per heavy atom. The highest BCUT2D eigenvalue weighted by Crippen LogP contribution is 2.43. The van der Waals surface area contributed by atoms with Crippen LogP contribution in [0.2, 0.25) is 0 Å². The van der Waals surface area contributed by atoms with Crippen molar-refractivity contribution in [1.29, 1.82) is 0 Å². The first-order valence-electron chi connectivity index (χ1n) is 19.1. The summed E-state index contributed by atoms with van der Waals surface area (Å²) in [7, 11) is 0. The van der Waals surface area contributed by atoms with E-state index in [4.69, 9.17) is 24.2 Å². The summed E-state index contributed by atoms with van der Waals surface area (Å²) in [6.45, 7) is 10.2. The van der Waals surface area contributed by atoms with E-state index < -0.39 is 0 Å². The van der Waals surface area contributed by atoms with Gasteiger partial charge in [-0.2, -0.15) is 9.97 Å². The molecule has 1 N–H and O–H groups in total. The summed E-state index contributed by atoms with van der Waals surface area (Å²) < 4.78 is 18.0. The molecule has 0 radical (unpaired) electrons. The number of hydrogen-bond acceptors (Lipinski definition) is 10. The predicted octanol–water partition coefficient (Wildman–Crippen LogP) is 4.54. The molecule has 1 amide bonds. The van der Waals surface area contributed by atoms with Crippen LogP contribution in [0.1, 0.15) is 62.3 Å². The zero-order valence-corrected chi connectivity index (χ0v) is 29.4. The third-order valence-electron chi connectivity index (χ3n) is 12.4. The first-order valence-corrected chi connectivity index (χ1v) is 19.1. The first-order chi connectivity index (χ1) is 24.6. The summed E-state index contributed by atoms with van der Waals surface area (Å²) in [6.07, 6.45) is 8.38. The molecule has 0 aliphatic carbocycles. The van der Waals surface area contributed by atoms with Crippen LogP contribution in [0.15, 0.2) is 36.4 Å². The Balaban J connectivity index is 0.965. The van der Waals surface area contributed by atoms with Crippen LogP contribution < -0.4 is 19.9 Å². The van der Waals surface area contributed by atoms with Gasteiger partial charge in [0.05, 0.1) is 31.0 Å². The van der Waals surface area contributed by atoms with Gasteiger partial charge in [0.1, 0.15) is 19.0 Å². The van der Waals surface area contributed by atoms with Crippen molar-refractivity contribution in [2.75, 3.05) is 75.5 Å². The van der Waals surface area contributed by atoms with E-state index in [0.29, 0.717) is 57.6 Å². The molecule has 6 aliphatic rings. The lowest BCUT2D eigenvalue weighted by molar-refractivity contribution is 0.0138. The van der Waals surface area contributed by atoms with Crippen LogP contribution in [0.4, 0.5) is 16.3 Å². The fourth-order valence-corrected chi connectivity index (χ4v) is 9.84. The lowest BCUT2D eigenvalue weighted by Crippen LogP contribution is -2.52. The topological polar surface area (TPSA) is 95.5 Å². The van der Waals surface area contributed by atoms with Gasteiger partial charge in [-0.3, -0.25) is 4.90 Å². The number of fused-ring (bicyclic) bond motifs is 5. The molecule has 4 atom stereocenters. The van der Waals surface area contributed by atoms with Gasteiger partial charge in [-0.25, -0.2) is 4.79 Å². The zero-order chi connectivity index (χ0) is 33.7. The molecule has 50 heavy (non-hydrogen) atoms. The van der Waals surface area contributed by atoms with Gasteiger partial charge in [0.15, 0.2) is 0 Å². The van der Waals surface area contributed by atoms with Crippen molar-refractivity contribution in [3.63, 3.8) is 0 Å². The molecule has 0 spiro atoms. The molecule has 0 saturated carbocycles. The molecule has 5 saturated heterocycles. The van der Waals surface area contributed by atoms with Gasteiger partial charge in [-0.05, 0) is 74.9 Å². The number of nitrogens with one attached hydrogen (secondary N) is 1. The summed E-state index contributed by atoms with van der Waals surface area (Å²) in [5.74, 6) is 1.08. The van der Waals surface area contributed by atoms with Gasteiger partial charge in [0.2, 0.25) is 0 Å². The minimum atomic E-state index is -0.221.